The van der Waals surface area contributed by atoms with Gasteiger partial charge >= 0.3 is 10.1 Å². The van der Waals surface area contributed by atoms with Crippen molar-refractivity contribution in [1.82, 2.24) is 0 Å². The molecule has 2 aromatic carbocycles. The highest BCUT2D eigenvalue weighted by atomic mass is 35.5. The van der Waals surface area contributed by atoms with E-state index in [0.29, 0.717) is 5.75 Å². The number of aryl methyl sites for hydroxylation is 2. The third-order valence-electron chi connectivity index (χ3n) is 2.88. The molecule has 0 amide bonds. The number of hydrogen-bond donors (Lipinski definition) is 0. The zero-order valence-corrected chi connectivity index (χ0v) is 13.5. The maximum Gasteiger partial charge on any atom is 0.340 e. The van der Waals surface area contributed by atoms with Crippen LogP contribution >= 0.6 is 11.6 Å². The van der Waals surface area contributed by atoms with Crippen molar-refractivity contribution in [2.45, 2.75) is 18.7 Å². The Balaban J connectivity index is 2.42. The van der Waals surface area contributed by atoms with Crippen molar-refractivity contribution >= 4 is 21.7 Å². The highest BCUT2D eigenvalue weighted by Gasteiger charge is 2.22. The fourth-order valence-corrected chi connectivity index (χ4v) is 3.33. The number of rotatable bonds is 4. The van der Waals surface area contributed by atoms with Gasteiger partial charge in [0, 0.05) is 0 Å². The lowest BCUT2D eigenvalue weighted by Gasteiger charge is -2.12. The first-order valence-electron chi connectivity index (χ1n) is 6.19. The Morgan fingerprint density at radius 2 is 1.57 bits per heavy atom. The average molecular weight is 327 g/mol. The van der Waals surface area contributed by atoms with Gasteiger partial charge in [0.05, 0.1) is 12.1 Å². The third-order valence-corrected chi connectivity index (χ3v) is 4.59. The van der Waals surface area contributed by atoms with Crippen LogP contribution in [0.3, 0.4) is 0 Å². The van der Waals surface area contributed by atoms with E-state index in [1.807, 2.05) is 13.8 Å². The normalized spacial score (nSPS) is 11.2. The number of halogens is 1. The second kappa shape index (κ2) is 5.95. The Morgan fingerprint density at radius 1 is 0.952 bits per heavy atom. The molecule has 0 aliphatic carbocycles. The fraction of sp³-hybridized carbons (Fsp3) is 0.200. The van der Waals surface area contributed by atoms with Crippen LogP contribution in [0.4, 0.5) is 0 Å². The van der Waals surface area contributed by atoms with Gasteiger partial charge in [0.25, 0.3) is 0 Å². The Hall–Kier alpha value is -1.72. The molecule has 0 spiro atoms. The van der Waals surface area contributed by atoms with Crippen molar-refractivity contribution in [3.8, 4) is 11.5 Å². The summed E-state index contributed by atoms with van der Waals surface area (Å²) < 4.78 is 34.9. The summed E-state index contributed by atoms with van der Waals surface area (Å²) in [4.78, 5) is -0.0719. The van der Waals surface area contributed by atoms with Gasteiger partial charge in [0.1, 0.15) is 4.90 Å². The van der Waals surface area contributed by atoms with Crippen LogP contribution in [0.1, 0.15) is 11.1 Å². The van der Waals surface area contributed by atoms with Crippen molar-refractivity contribution < 1.29 is 17.3 Å². The molecule has 2 aromatic rings. The van der Waals surface area contributed by atoms with Gasteiger partial charge in [0.15, 0.2) is 11.5 Å². The first-order valence-corrected chi connectivity index (χ1v) is 7.97. The van der Waals surface area contributed by atoms with Crippen LogP contribution in [0.25, 0.3) is 0 Å². The van der Waals surface area contributed by atoms with Gasteiger partial charge in [0.2, 0.25) is 0 Å². The van der Waals surface area contributed by atoms with E-state index in [0.717, 1.165) is 11.1 Å². The monoisotopic (exact) mass is 326 g/mol. The van der Waals surface area contributed by atoms with Crippen LogP contribution in [0.15, 0.2) is 41.3 Å². The smallest absolute Gasteiger partial charge is 0.340 e. The van der Waals surface area contributed by atoms with Gasteiger partial charge in [-0.3, -0.25) is 0 Å². The van der Waals surface area contributed by atoms with Crippen LogP contribution in [0, 0.1) is 13.8 Å². The molecule has 6 heteroatoms. The molecule has 0 N–H and O–H groups in total. The molecule has 112 valence electrons. The minimum atomic E-state index is -4.02. The Labute approximate surface area is 129 Å². The van der Waals surface area contributed by atoms with Gasteiger partial charge in [-0.15, -0.1) is 0 Å². The van der Waals surface area contributed by atoms with Crippen molar-refractivity contribution in [2.75, 3.05) is 7.11 Å². The zero-order chi connectivity index (χ0) is 15.6. The second-order valence-corrected chi connectivity index (χ2v) is 6.55. The van der Waals surface area contributed by atoms with E-state index in [9.17, 15) is 8.42 Å². The molecule has 0 aliphatic rings. The average Bonchev–Trinajstić information content (AvgIpc) is 2.40. The highest BCUT2D eigenvalue weighted by Crippen LogP contribution is 2.32. The molecule has 0 heterocycles. The predicted octanol–water partition coefficient (Wildman–Crippen LogP) is 3.73. The summed E-state index contributed by atoms with van der Waals surface area (Å²) >= 11 is 5.99. The van der Waals surface area contributed by atoms with E-state index in [4.69, 9.17) is 20.5 Å². The lowest BCUT2D eigenvalue weighted by Crippen LogP contribution is -2.11. The van der Waals surface area contributed by atoms with Crippen molar-refractivity contribution in [2.24, 2.45) is 0 Å². The van der Waals surface area contributed by atoms with E-state index in [1.165, 1.54) is 13.2 Å². The molecule has 0 aliphatic heterocycles. The summed E-state index contributed by atoms with van der Waals surface area (Å²) in [6.07, 6.45) is 0. The van der Waals surface area contributed by atoms with Crippen molar-refractivity contribution in [1.29, 1.82) is 0 Å². The first-order chi connectivity index (χ1) is 9.83. The Bertz CT molecular complexity index is 769. The number of methoxy groups -OCH3 is 1. The molecule has 4 nitrogen and oxygen atoms in total. The molecule has 0 saturated heterocycles. The molecule has 0 fully saturated rings. The summed E-state index contributed by atoms with van der Waals surface area (Å²) in [6.45, 7) is 3.70. The molecule has 2 rings (SSSR count). The lowest BCUT2D eigenvalue weighted by molar-refractivity contribution is 0.390. The standard InChI is InChI=1S/C15H15ClO4S/c1-10-5-7-15(12(16)8-10)21(17,18)20-13-6-4-11(2)9-14(13)19-3/h4-9H,1-3H3. The summed E-state index contributed by atoms with van der Waals surface area (Å²) in [5.74, 6) is 0.474. The van der Waals surface area contributed by atoms with Gasteiger partial charge in [-0.1, -0.05) is 23.7 Å². The topological polar surface area (TPSA) is 52.6 Å². The SMILES string of the molecule is COc1cc(C)ccc1OS(=O)(=O)c1ccc(C)cc1Cl. The molecule has 0 unspecified atom stereocenters. The van der Waals surface area contributed by atoms with Crippen LogP contribution in [0.5, 0.6) is 11.5 Å². The van der Waals surface area contributed by atoms with E-state index in [1.54, 1.807) is 30.3 Å². The molecule has 0 atom stereocenters. The Kier molecular flexibility index (Phi) is 4.44. The van der Waals surface area contributed by atoms with E-state index in [2.05, 4.69) is 0 Å². The van der Waals surface area contributed by atoms with Crippen molar-refractivity contribution in [3.63, 3.8) is 0 Å². The highest BCUT2D eigenvalue weighted by molar-refractivity contribution is 7.87. The molecule has 0 radical (unpaired) electrons. The quantitative estimate of drug-likeness (QED) is 0.803. The van der Waals surface area contributed by atoms with Gasteiger partial charge < -0.3 is 8.92 Å². The molecular weight excluding hydrogens is 312 g/mol. The van der Waals surface area contributed by atoms with E-state index < -0.39 is 10.1 Å². The molecule has 0 aromatic heterocycles. The largest absolute Gasteiger partial charge is 0.493 e. The minimum absolute atomic E-state index is 0.0719. The summed E-state index contributed by atoms with van der Waals surface area (Å²) in [5, 5.41) is 0.126. The number of hydrogen-bond acceptors (Lipinski definition) is 4. The van der Waals surface area contributed by atoms with Crippen LogP contribution in [-0.2, 0) is 10.1 Å². The van der Waals surface area contributed by atoms with E-state index in [-0.39, 0.29) is 15.7 Å². The second-order valence-electron chi connectivity index (χ2n) is 4.63. The maximum atomic E-state index is 12.3. The maximum absolute atomic E-state index is 12.3. The summed E-state index contributed by atoms with van der Waals surface area (Å²) in [6, 6.07) is 9.64. The minimum Gasteiger partial charge on any atom is -0.493 e. The number of ether oxygens (including phenoxy) is 1. The predicted molar refractivity (Wildman–Crippen MR) is 81.7 cm³/mol. The third kappa shape index (κ3) is 3.49. The van der Waals surface area contributed by atoms with Crippen molar-refractivity contribution in [3.05, 3.63) is 52.5 Å². The summed E-state index contributed by atoms with van der Waals surface area (Å²) in [7, 11) is -2.57. The van der Waals surface area contributed by atoms with E-state index >= 15 is 0 Å². The molecular formula is C15H15ClO4S. The van der Waals surface area contributed by atoms with Crippen LogP contribution in [-0.4, -0.2) is 15.5 Å². The Morgan fingerprint density at radius 3 is 2.19 bits per heavy atom. The molecule has 21 heavy (non-hydrogen) atoms. The van der Waals surface area contributed by atoms with Crippen LogP contribution < -0.4 is 8.92 Å². The lowest BCUT2D eigenvalue weighted by atomic mass is 10.2. The van der Waals surface area contributed by atoms with Gasteiger partial charge in [-0.25, -0.2) is 0 Å². The summed E-state index contributed by atoms with van der Waals surface area (Å²) in [5.41, 5.74) is 1.80. The van der Waals surface area contributed by atoms with Crippen LogP contribution in [0.2, 0.25) is 5.02 Å². The first kappa shape index (κ1) is 15.7. The van der Waals surface area contributed by atoms with Gasteiger partial charge in [-0.05, 0) is 49.2 Å². The number of benzene rings is 2. The fourth-order valence-electron chi connectivity index (χ4n) is 1.82. The molecule has 0 saturated carbocycles. The molecule has 0 bridgehead atoms. The zero-order valence-electron chi connectivity index (χ0n) is 11.9. The van der Waals surface area contributed by atoms with Gasteiger partial charge in [-0.2, -0.15) is 8.42 Å².